The second-order valence-corrected chi connectivity index (χ2v) is 14.1. The summed E-state index contributed by atoms with van der Waals surface area (Å²) in [5.74, 6) is 1.09. The molecule has 12 heteroatoms. The third kappa shape index (κ3) is 7.44. The zero-order valence-electron chi connectivity index (χ0n) is 24.1. The van der Waals surface area contributed by atoms with Gasteiger partial charge in [-0.15, -0.1) is 11.3 Å². The molecule has 1 unspecified atom stereocenters. The Kier molecular flexibility index (Phi) is 9.40. The topological polar surface area (TPSA) is 98.3 Å². The van der Waals surface area contributed by atoms with Crippen LogP contribution < -0.4 is 13.8 Å². The third-order valence-corrected chi connectivity index (χ3v) is 9.67. The number of carbonyl (C=O) groups is 1. The number of aromatic nitrogens is 1. The monoisotopic (exact) mass is 621 g/mol. The highest BCUT2D eigenvalue weighted by Gasteiger charge is 2.33. The van der Waals surface area contributed by atoms with Crippen molar-refractivity contribution in [2.75, 3.05) is 18.0 Å². The zero-order valence-corrected chi connectivity index (χ0v) is 26.5. The molecule has 0 bridgehead atoms. The number of anilines is 1. The Bertz CT molecular complexity index is 1470. The summed E-state index contributed by atoms with van der Waals surface area (Å²) in [6.07, 6.45) is 2.23. The van der Waals surface area contributed by atoms with Crippen molar-refractivity contribution in [3.05, 3.63) is 64.1 Å². The van der Waals surface area contributed by atoms with Gasteiger partial charge in [0.25, 0.3) is 10.0 Å². The molecule has 0 spiro atoms. The molecule has 1 aliphatic heterocycles. The van der Waals surface area contributed by atoms with E-state index in [1.165, 1.54) is 27.8 Å². The Morgan fingerprint density at radius 1 is 1.22 bits per heavy atom. The maximum absolute atomic E-state index is 13.9. The number of amides is 1. The highest BCUT2D eigenvalue weighted by Crippen LogP contribution is 2.34. The summed E-state index contributed by atoms with van der Waals surface area (Å²) in [7, 11) is -2.43. The van der Waals surface area contributed by atoms with E-state index in [1.807, 2.05) is 46.8 Å². The van der Waals surface area contributed by atoms with Gasteiger partial charge < -0.3 is 19.1 Å². The molecule has 2 aromatic carbocycles. The van der Waals surface area contributed by atoms with E-state index in [0.29, 0.717) is 36.0 Å². The number of methoxy groups -OCH3 is 1. The summed E-state index contributed by atoms with van der Waals surface area (Å²) in [6, 6.07) is 9.92. The van der Waals surface area contributed by atoms with Crippen LogP contribution in [0.2, 0.25) is 5.02 Å². The maximum atomic E-state index is 13.9. The van der Waals surface area contributed by atoms with Crippen LogP contribution in [0.5, 0.6) is 11.5 Å². The number of hydrogen-bond acceptors (Lipinski definition) is 8. The number of ether oxygens (including phenoxy) is 3. The summed E-state index contributed by atoms with van der Waals surface area (Å²) < 4.78 is 46.0. The molecule has 0 radical (unpaired) electrons. The van der Waals surface area contributed by atoms with Crippen LogP contribution in [-0.2, 0) is 21.3 Å². The second kappa shape index (κ2) is 12.5. The van der Waals surface area contributed by atoms with Gasteiger partial charge >= 0.3 is 6.09 Å². The highest BCUT2D eigenvalue weighted by atomic mass is 35.5. The van der Waals surface area contributed by atoms with Crippen LogP contribution in [0, 0.1) is 6.92 Å². The molecule has 1 aliphatic rings. The number of likely N-dealkylation sites (tertiary alicyclic amines) is 1. The van der Waals surface area contributed by atoms with Crippen LogP contribution in [0.25, 0.3) is 0 Å². The Hall–Kier alpha value is -3.02. The van der Waals surface area contributed by atoms with Crippen LogP contribution >= 0.6 is 22.9 Å². The minimum atomic E-state index is -4.02. The number of piperidine rings is 1. The third-order valence-electron chi connectivity index (χ3n) is 6.74. The Morgan fingerprint density at radius 3 is 2.56 bits per heavy atom. The molecule has 2 atom stereocenters. The van der Waals surface area contributed by atoms with E-state index < -0.39 is 15.6 Å². The lowest BCUT2D eigenvalue weighted by Gasteiger charge is -2.38. The van der Waals surface area contributed by atoms with E-state index in [9.17, 15) is 13.2 Å². The first-order valence-corrected chi connectivity index (χ1v) is 16.0. The predicted octanol–water partition coefficient (Wildman–Crippen LogP) is 6.68. The highest BCUT2D eigenvalue weighted by molar-refractivity contribution is 7.93. The van der Waals surface area contributed by atoms with Crippen molar-refractivity contribution in [3.8, 4) is 11.5 Å². The molecule has 41 heavy (non-hydrogen) atoms. The van der Waals surface area contributed by atoms with Gasteiger partial charge in [-0.25, -0.2) is 22.5 Å². The molecular formula is C29H36ClN3O6S2. The molecule has 1 amide bonds. The molecule has 1 fully saturated rings. The number of nitrogens with zero attached hydrogens (tertiary/aromatic N) is 3. The van der Waals surface area contributed by atoms with Crippen LogP contribution in [0.15, 0.2) is 52.9 Å². The van der Waals surface area contributed by atoms with Crippen molar-refractivity contribution in [1.82, 2.24) is 9.88 Å². The first-order valence-electron chi connectivity index (χ1n) is 13.3. The van der Waals surface area contributed by atoms with Gasteiger partial charge in [-0.2, -0.15) is 0 Å². The van der Waals surface area contributed by atoms with Crippen molar-refractivity contribution in [2.45, 2.75) is 76.6 Å². The Balaban J connectivity index is 1.51. The normalized spacial score (nSPS) is 17.7. The van der Waals surface area contributed by atoms with Crippen molar-refractivity contribution in [2.24, 2.45) is 0 Å². The molecule has 3 aromatic rings. The zero-order chi connectivity index (χ0) is 29.9. The molecule has 1 saturated heterocycles. The lowest BCUT2D eigenvalue weighted by Crippen LogP contribution is -2.49. The average Bonchev–Trinajstić information content (AvgIpc) is 3.42. The van der Waals surface area contributed by atoms with Gasteiger partial charge in [0.1, 0.15) is 23.2 Å². The number of benzene rings is 2. The van der Waals surface area contributed by atoms with Crippen molar-refractivity contribution in [3.63, 3.8) is 0 Å². The lowest BCUT2D eigenvalue weighted by atomic mass is 10.0. The molecule has 0 saturated carbocycles. The van der Waals surface area contributed by atoms with E-state index in [1.54, 1.807) is 35.7 Å². The van der Waals surface area contributed by atoms with Gasteiger partial charge in [-0.05, 0) is 76.1 Å². The summed E-state index contributed by atoms with van der Waals surface area (Å²) in [5, 5.41) is 2.27. The number of thiazole rings is 1. The fourth-order valence-electron chi connectivity index (χ4n) is 4.59. The van der Waals surface area contributed by atoms with E-state index in [4.69, 9.17) is 25.8 Å². The smallest absolute Gasteiger partial charge is 0.410 e. The number of aryl methyl sites for hydroxylation is 1. The lowest BCUT2D eigenvalue weighted by molar-refractivity contribution is -0.00103. The summed E-state index contributed by atoms with van der Waals surface area (Å²) in [4.78, 5) is 18.6. The number of hydrogen-bond donors (Lipinski definition) is 0. The van der Waals surface area contributed by atoms with Gasteiger partial charge in [0.15, 0.2) is 5.13 Å². The van der Waals surface area contributed by atoms with Gasteiger partial charge in [0, 0.05) is 37.0 Å². The van der Waals surface area contributed by atoms with Gasteiger partial charge in [-0.3, -0.25) is 0 Å². The van der Waals surface area contributed by atoms with Gasteiger partial charge in [0.05, 0.1) is 23.6 Å². The standard InChI is InChI=1S/C29H36ClN3O6S2/c1-19-15-22(37-6)8-7-21(19)18-33(27-31-12-14-40-27)41(35,36)24-9-10-26(25(30)17-24)38-23-11-13-32(20(2)16-23)28(34)39-29(3,4)5/h7-10,12,14-15,17,20,23H,11,13,16,18H2,1-6H3/t20-,23?/m0/s1. The first-order chi connectivity index (χ1) is 19.3. The maximum Gasteiger partial charge on any atom is 0.410 e. The first kappa shape index (κ1) is 30.9. The minimum Gasteiger partial charge on any atom is -0.497 e. The number of rotatable bonds is 8. The fourth-order valence-corrected chi connectivity index (χ4v) is 7.18. The quantitative estimate of drug-likeness (QED) is 0.277. The Morgan fingerprint density at radius 2 is 1.98 bits per heavy atom. The molecule has 0 N–H and O–H groups in total. The van der Waals surface area contributed by atoms with Crippen molar-refractivity contribution < 1.29 is 27.4 Å². The van der Waals surface area contributed by atoms with E-state index in [2.05, 4.69) is 4.98 Å². The number of sulfonamides is 1. The van der Waals surface area contributed by atoms with Gasteiger partial charge in [-0.1, -0.05) is 17.7 Å². The minimum absolute atomic E-state index is 0.0318. The summed E-state index contributed by atoms with van der Waals surface area (Å²) >= 11 is 7.81. The second-order valence-electron chi connectivity index (χ2n) is 11.0. The van der Waals surface area contributed by atoms with E-state index >= 15 is 0 Å². The number of halogens is 1. The predicted molar refractivity (Wildman–Crippen MR) is 161 cm³/mol. The number of carbonyl (C=O) groups excluding carboxylic acids is 1. The van der Waals surface area contributed by atoms with Crippen LogP contribution in [0.3, 0.4) is 0 Å². The van der Waals surface area contributed by atoms with Crippen LogP contribution in [-0.4, -0.2) is 55.8 Å². The van der Waals surface area contributed by atoms with Crippen LogP contribution in [0.4, 0.5) is 9.93 Å². The molecule has 1 aromatic heterocycles. The molecule has 2 heterocycles. The van der Waals surface area contributed by atoms with Crippen LogP contribution in [0.1, 0.15) is 51.7 Å². The molecule has 9 nitrogen and oxygen atoms in total. The summed E-state index contributed by atoms with van der Waals surface area (Å²) in [5.41, 5.74) is 1.15. The molecule has 4 rings (SSSR count). The molecular weight excluding hydrogens is 586 g/mol. The molecule has 222 valence electrons. The fraction of sp³-hybridized carbons (Fsp3) is 0.448. The van der Waals surface area contributed by atoms with Crippen molar-refractivity contribution in [1.29, 1.82) is 0 Å². The summed E-state index contributed by atoms with van der Waals surface area (Å²) in [6.45, 7) is 9.96. The van der Waals surface area contributed by atoms with E-state index in [0.717, 1.165) is 11.1 Å². The van der Waals surface area contributed by atoms with E-state index in [-0.39, 0.29) is 34.7 Å². The largest absolute Gasteiger partial charge is 0.497 e. The molecule has 0 aliphatic carbocycles. The average molecular weight is 622 g/mol. The SMILES string of the molecule is COc1ccc(CN(c2nccs2)S(=O)(=O)c2ccc(OC3CCN(C(=O)OC(C)(C)C)[C@@H](C)C3)c(Cl)c2)c(C)c1. The Labute approximate surface area is 251 Å². The van der Waals surface area contributed by atoms with Gasteiger partial charge in [0.2, 0.25) is 0 Å². The van der Waals surface area contributed by atoms with Crippen molar-refractivity contribution >= 4 is 44.2 Å².